The van der Waals surface area contributed by atoms with Gasteiger partial charge in [0.1, 0.15) is 0 Å². The van der Waals surface area contributed by atoms with Gasteiger partial charge in [-0.1, -0.05) is 13.0 Å². The third-order valence-corrected chi connectivity index (χ3v) is 6.15. The summed E-state index contributed by atoms with van der Waals surface area (Å²) in [4.78, 5) is 0.484. The van der Waals surface area contributed by atoms with E-state index in [0.29, 0.717) is 11.4 Å². The third-order valence-electron chi connectivity index (χ3n) is 3.99. The zero-order chi connectivity index (χ0) is 15.6. The van der Waals surface area contributed by atoms with Gasteiger partial charge in [-0.2, -0.15) is 4.31 Å². The lowest BCUT2D eigenvalue weighted by Gasteiger charge is -2.29. The first kappa shape index (κ1) is 16.3. The number of nitrogens with zero attached hydrogens (tertiary/aromatic N) is 1. The van der Waals surface area contributed by atoms with E-state index in [1.54, 1.807) is 10.4 Å². The lowest BCUT2D eigenvalue weighted by Crippen LogP contribution is -2.38. The molecule has 1 N–H and O–H groups in total. The van der Waals surface area contributed by atoms with Crippen molar-refractivity contribution in [2.24, 2.45) is 0 Å². The number of hydrogen-bond acceptors (Lipinski definition) is 3. The molecule has 0 spiro atoms. The van der Waals surface area contributed by atoms with Crippen molar-refractivity contribution < 1.29 is 8.42 Å². The van der Waals surface area contributed by atoms with Gasteiger partial charge in [0.25, 0.3) is 0 Å². The van der Waals surface area contributed by atoms with Gasteiger partial charge >= 0.3 is 0 Å². The Bertz CT molecular complexity index is 609. The van der Waals surface area contributed by atoms with E-state index in [1.807, 2.05) is 33.8 Å². The van der Waals surface area contributed by atoms with Crippen LogP contribution < -0.4 is 5.32 Å². The fraction of sp³-hybridized carbons (Fsp3) is 0.625. The van der Waals surface area contributed by atoms with Crippen LogP contribution in [-0.2, 0) is 16.4 Å². The molecule has 0 saturated carbocycles. The van der Waals surface area contributed by atoms with Crippen molar-refractivity contribution in [3.05, 3.63) is 23.3 Å². The van der Waals surface area contributed by atoms with Gasteiger partial charge in [-0.15, -0.1) is 0 Å². The molecule has 0 fully saturated rings. The van der Waals surface area contributed by atoms with E-state index in [0.717, 1.165) is 42.6 Å². The van der Waals surface area contributed by atoms with Gasteiger partial charge in [-0.05, 0) is 57.2 Å². The van der Waals surface area contributed by atoms with Crippen LogP contribution >= 0.6 is 0 Å². The average Bonchev–Trinajstić information content (AvgIpc) is 2.44. The molecular formula is C16H26N2O2S. The molecule has 1 aliphatic rings. The Kier molecular flexibility index (Phi) is 4.94. The Labute approximate surface area is 128 Å². The number of anilines is 1. The molecule has 4 nitrogen and oxygen atoms in total. The van der Waals surface area contributed by atoms with Crippen LogP contribution in [0.25, 0.3) is 0 Å². The van der Waals surface area contributed by atoms with Gasteiger partial charge in [0.05, 0.1) is 4.90 Å². The van der Waals surface area contributed by atoms with E-state index >= 15 is 0 Å². The highest BCUT2D eigenvalue weighted by molar-refractivity contribution is 7.89. The van der Waals surface area contributed by atoms with Crippen molar-refractivity contribution in [1.29, 1.82) is 0 Å². The fourth-order valence-electron chi connectivity index (χ4n) is 2.96. The van der Waals surface area contributed by atoms with E-state index in [-0.39, 0.29) is 6.04 Å². The first-order valence-electron chi connectivity index (χ1n) is 7.77. The molecule has 0 aliphatic carbocycles. The lowest BCUT2D eigenvalue weighted by atomic mass is 10.00. The fourth-order valence-corrected chi connectivity index (χ4v) is 4.95. The highest BCUT2D eigenvalue weighted by Gasteiger charge is 2.30. The molecule has 0 unspecified atom stereocenters. The normalized spacial score (nSPS) is 15.1. The molecule has 0 amide bonds. The Balaban J connectivity index is 2.54. The minimum atomic E-state index is -3.43. The Morgan fingerprint density at radius 3 is 2.67 bits per heavy atom. The van der Waals surface area contributed by atoms with Crippen molar-refractivity contribution >= 4 is 15.7 Å². The van der Waals surface area contributed by atoms with E-state index < -0.39 is 10.0 Å². The van der Waals surface area contributed by atoms with Crippen LogP contribution in [0.15, 0.2) is 17.0 Å². The van der Waals surface area contributed by atoms with E-state index in [1.165, 1.54) is 0 Å². The number of rotatable bonds is 5. The maximum absolute atomic E-state index is 13.0. The second-order valence-corrected chi connectivity index (χ2v) is 7.83. The molecule has 1 heterocycles. The largest absolute Gasteiger partial charge is 0.385 e. The smallest absolute Gasteiger partial charge is 0.243 e. The molecule has 0 bridgehead atoms. The van der Waals surface area contributed by atoms with E-state index in [4.69, 9.17) is 0 Å². The topological polar surface area (TPSA) is 49.4 Å². The molecule has 1 aromatic carbocycles. The van der Waals surface area contributed by atoms with Crippen LogP contribution in [0, 0.1) is 6.92 Å². The average molecular weight is 310 g/mol. The second kappa shape index (κ2) is 6.36. The Morgan fingerprint density at radius 1 is 1.33 bits per heavy atom. The summed E-state index contributed by atoms with van der Waals surface area (Å²) in [6.07, 6.45) is 2.63. The van der Waals surface area contributed by atoms with Crippen molar-refractivity contribution in [1.82, 2.24) is 4.31 Å². The second-order valence-electron chi connectivity index (χ2n) is 5.97. The molecule has 5 heteroatoms. The Hall–Kier alpha value is -1.07. The quantitative estimate of drug-likeness (QED) is 0.909. The molecule has 0 radical (unpaired) electrons. The highest BCUT2D eigenvalue weighted by atomic mass is 32.2. The van der Waals surface area contributed by atoms with Crippen LogP contribution in [0.3, 0.4) is 0 Å². The molecule has 0 saturated heterocycles. The molecule has 1 aliphatic heterocycles. The Morgan fingerprint density at radius 2 is 2.05 bits per heavy atom. The summed E-state index contributed by atoms with van der Waals surface area (Å²) in [5, 5.41) is 3.36. The minimum absolute atomic E-state index is 0.0246. The zero-order valence-electron chi connectivity index (χ0n) is 13.4. The van der Waals surface area contributed by atoms with Gasteiger partial charge < -0.3 is 5.32 Å². The van der Waals surface area contributed by atoms with Crippen molar-refractivity contribution in [2.75, 3.05) is 18.4 Å². The number of fused-ring (bicyclic) bond motifs is 1. The number of hydrogen-bond donors (Lipinski definition) is 1. The van der Waals surface area contributed by atoms with Gasteiger partial charge in [-0.3, -0.25) is 0 Å². The van der Waals surface area contributed by atoms with Gasteiger partial charge in [0.2, 0.25) is 10.0 Å². The summed E-state index contributed by atoms with van der Waals surface area (Å²) in [5.41, 5.74) is 3.10. The standard InChI is InChI=1S/C16H26N2O2S/c1-5-11-18(12(2)3)21(19,20)15-9-8-13(4)16-14(15)7-6-10-17-16/h8-9,12,17H,5-7,10-11H2,1-4H3. The number of aryl methyl sites for hydroxylation is 1. The highest BCUT2D eigenvalue weighted by Crippen LogP contribution is 2.33. The maximum atomic E-state index is 13.0. The maximum Gasteiger partial charge on any atom is 0.243 e. The molecule has 0 atom stereocenters. The lowest BCUT2D eigenvalue weighted by molar-refractivity contribution is 0.353. The monoisotopic (exact) mass is 310 g/mol. The van der Waals surface area contributed by atoms with Crippen LogP contribution in [0.1, 0.15) is 44.7 Å². The van der Waals surface area contributed by atoms with Crippen molar-refractivity contribution in [2.45, 2.75) is 57.9 Å². The number of benzene rings is 1. The summed E-state index contributed by atoms with van der Waals surface area (Å²) >= 11 is 0. The molecule has 118 valence electrons. The summed E-state index contributed by atoms with van der Waals surface area (Å²) in [7, 11) is -3.43. The van der Waals surface area contributed by atoms with Crippen LogP contribution in [-0.4, -0.2) is 31.9 Å². The van der Waals surface area contributed by atoms with Crippen LogP contribution in [0.5, 0.6) is 0 Å². The molecule has 21 heavy (non-hydrogen) atoms. The van der Waals surface area contributed by atoms with Crippen molar-refractivity contribution in [3.8, 4) is 0 Å². The van der Waals surface area contributed by atoms with E-state index in [9.17, 15) is 8.42 Å². The molecule has 2 rings (SSSR count). The summed E-state index contributed by atoms with van der Waals surface area (Å²) in [6.45, 7) is 9.39. The SMILES string of the molecule is CCCN(C(C)C)S(=O)(=O)c1ccc(C)c2c1CCCN2. The molecular weight excluding hydrogens is 284 g/mol. The first-order chi connectivity index (χ1) is 9.89. The summed E-state index contributed by atoms with van der Waals surface area (Å²) < 4.78 is 27.7. The molecule has 0 aromatic heterocycles. The minimum Gasteiger partial charge on any atom is -0.385 e. The molecule has 1 aromatic rings. The number of sulfonamides is 1. The van der Waals surface area contributed by atoms with Crippen LogP contribution in [0.2, 0.25) is 0 Å². The van der Waals surface area contributed by atoms with Gasteiger partial charge in [0, 0.05) is 24.8 Å². The van der Waals surface area contributed by atoms with Gasteiger partial charge in [-0.25, -0.2) is 8.42 Å². The van der Waals surface area contributed by atoms with Crippen LogP contribution in [0.4, 0.5) is 5.69 Å². The predicted octanol–water partition coefficient (Wildman–Crippen LogP) is 3.16. The van der Waals surface area contributed by atoms with Gasteiger partial charge in [0.15, 0.2) is 0 Å². The third kappa shape index (κ3) is 3.09. The van der Waals surface area contributed by atoms with Crippen molar-refractivity contribution in [3.63, 3.8) is 0 Å². The van der Waals surface area contributed by atoms with E-state index in [2.05, 4.69) is 5.32 Å². The summed E-state index contributed by atoms with van der Waals surface area (Å²) in [5.74, 6) is 0. The number of nitrogens with one attached hydrogen (secondary N) is 1. The predicted molar refractivity (Wildman–Crippen MR) is 87.3 cm³/mol. The zero-order valence-corrected chi connectivity index (χ0v) is 14.3. The summed E-state index contributed by atoms with van der Waals surface area (Å²) in [6, 6.07) is 3.67. The first-order valence-corrected chi connectivity index (χ1v) is 9.21.